The molecule has 0 nitrogen and oxygen atoms in total. The molecule has 0 N–H and O–H groups in total. The predicted octanol–water partition coefficient (Wildman–Crippen LogP) is 1.34. The Morgan fingerprint density at radius 3 is 1.31 bits per heavy atom. The molecule has 0 atom stereocenters. The smallest absolute Gasteiger partial charge is 0.0625 e. The highest BCUT2D eigenvalue weighted by Gasteiger charge is 1.77. The first-order valence-electron chi connectivity index (χ1n) is 4.32. The molecule has 13 heavy (non-hydrogen) atoms. The Labute approximate surface area is 81.1 Å². The molecule has 1 heteroatoms. The lowest BCUT2D eigenvalue weighted by Crippen LogP contribution is -2.26. The summed E-state index contributed by atoms with van der Waals surface area (Å²) < 4.78 is 0. The second kappa shape index (κ2) is 4.05. The third kappa shape index (κ3) is 2.29. The fraction of sp³-hybridized carbons (Fsp3) is 0. The molecule has 0 saturated carbocycles. The van der Waals surface area contributed by atoms with Crippen LogP contribution in [0.4, 0.5) is 0 Å². The van der Waals surface area contributed by atoms with E-state index in [1.807, 2.05) is 0 Å². The first-order chi connectivity index (χ1) is 6.45. The first-order valence-corrected chi connectivity index (χ1v) is 5.32. The van der Waals surface area contributed by atoms with Crippen molar-refractivity contribution in [1.29, 1.82) is 0 Å². The third-order valence-corrected chi connectivity index (χ3v) is 3.08. The van der Waals surface area contributed by atoms with Crippen LogP contribution in [0.3, 0.4) is 0 Å². The maximum Gasteiger partial charge on any atom is -0.0625 e. The predicted molar refractivity (Wildman–Crippen MR) is 57.9 cm³/mol. The summed E-state index contributed by atoms with van der Waals surface area (Å²) in [6, 6.07) is 21.2. The van der Waals surface area contributed by atoms with Crippen molar-refractivity contribution in [2.45, 2.75) is 0 Å². The molecule has 63 valence electrons. The molecule has 0 amide bonds. The highest BCUT2D eigenvalue weighted by molar-refractivity contribution is 6.67. The van der Waals surface area contributed by atoms with Crippen LogP contribution in [0.1, 0.15) is 0 Å². The number of rotatable bonds is 2. The van der Waals surface area contributed by atoms with E-state index in [4.69, 9.17) is 0 Å². The molecule has 0 bridgehead atoms. The lowest BCUT2D eigenvalue weighted by atomic mass is 10.4. The van der Waals surface area contributed by atoms with Gasteiger partial charge in [0.1, 0.15) is 0 Å². The van der Waals surface area contributed by atoms with E-state index in [0.29, 0.717) is 0 Å². The average Bonchev–Trinajstić information content (AvgIpc) is 2.21. The topological polar surface area (TPSA) is 0 Å². The summed E-state index contributed by atoms with van der Waals surface area (Å²) in [5.74, 6) is 0. The number of hydrogen-bond donors (Lipinski definition) is 0. The van der Waals surface area contributed by atoms with Gasteiger partial charge in [-0.15, -0.1) is 0 Å². The molecule has 0 spiro atoms. The number of benzene rings is 2. The zero-order valence-corrected chi connectivity index (χ0v) is 8.27. The largest absolute Gasteiger partial charge is 0.396 e. The molecule has 0 aliphatic carbocycles. The van der Waals surface area contributed by atoms with Gasteiger partial charge in [0, 0.05) is 0 Å². The van der Waals surface area contributed by atoms with E-state index in [2.05, 4.69) is 60.7 Å². The molecule has 2 aromatic carbocycles. The van der Waals surface area contributed by atoms with E-state index in [1.165, 1.54) is 10.4 Å². The molecule has 0 aliphatic heterocycles. The van der Waals surface area contributed by atoms with E-state index >= 15 is 0 Å². The third-order valence-electron chi connectivity index (χ3n) is 1.84. The van der Waals surface area contributed by atoms with Crippen LogP contribution in [0.5, 0.6) is 0 Å². The molecule has 0 aliphatic rings. The van der Waals surface area contributed by atoms with Crippen LogP contribution in [0.15, 0.2) is 60.7 Å². The average molecular weight is 182 g/mol. The molecule has 0 fully saturated rings. The van der Waals surface area contributed by atoms with Gasteiger partial charge in [-0.2, -0.15) is 0 Å². The highest BCUT2D eigenvalue weighted by Crippen LogP contribution is 1.84. The van der Waals surface area contributed by atoms with Crippen LogP contribution >= 0.6 is 0 Å². The first kappa shape index (κ1) is 8.26. The van der Waals surface area contributed by atoms with E-state index in [1.54, 1.807) is 0 Å². The molecule has 0 unspecified atom stereocenters. The summed E-state index contributed by atoms with van der Waals surface area (Å²) in [4.78, 5) is 0. The summed E-state index contributed by atoms with van der Waals surface area (Å²) in [6.45, 7) is 0. The van der Waals surface area contributed by atoms with Crippen molar-refractivity contribution in [3.8, 4) is 0 Å². The van der Waals surface area contributed by atoms with Gasteiger partial charge < -0.3 is 9.52 Å². The van der Waals surface area contributed by atoms with Gasteiger partial charge in [-0.3, -0.25) is 0 Å². The Hall–Kier alpha value is -1.34. The maximum absolute atomic E-state index is 2.17. The Kier molecular flexibility index (Phi) is 2.58. The van der Waals surface area contributed by atoms with Crippen LogP contribution in [0.2, 0.25) is 0 Å². The molecule has 0 saturated heterocycles. The minimum Gasteiger partial charge on any atom is -0.396 e. The monoisotopic (exact) mass is 182 g/mol. The second-order valence-electron chi connectivity index (χ2n) is 2.86. The van der Waals surface area contributed by atoms with Crippen LogP contribution < -0.4 is 10.4 Å². The van der Waals surface area contributed by atoms with Crippen LogP contribution in [0, 0.1) is 0 Å². The summed E-state index contributed by atoms with van der Waals surface area (Å²) in [7, 11) is 0.777. The summed E-state index contributed by atoms with van der Waals surface area (Å²) >= 11 is 0. The van der Waals surface area contributed by atoms with Gasteiger partial charge in [-0.05, 0) is 0 Å². The standard InChI is InChI=1S/C12H10Si/c1-3-7-11(8-4-1)13-12-9-5-2-6-10-12/h1-10H/q-1. The van der Waals surface area contributed by atoms with Gasteiger partial charge in [-0.1, -0.05) is 60.7 Å². The lowest BCUT2D eigenvalue weighted by molar-refractivity contribution is 1.75. The Balaban J connectivity index is 2.16. The molecular weight excluding hydrogens is 172 g/mol. The molecule has 2 rings (SSSR count). The summed E-state index contributed by atoms with van der Waals surface area (Å²) in [5, 5.41) is 2.79. The van der Waals surface area contributed by atoms with Gasteiger partial charge >= 0.3 is 0 Å². The quantitative estimate of drug-likeness (QED) is 0.615. The minimum absolute atomic E-state index is 0.777. The van der Waals surface area contributed by atoms with Crippen molar-refractivity contribution in [3.05, 3.63) is 60.7 Å². The van der Waals surface area contributed by atoms with E-state index < -0.39 is 0 Å². The Morgan fingerprint density at radius 1 is 0.538 bits per heavy atom. The summed E-state index contributed by atoms with van der Waals surface area (Å²) in [5.41, 5.74) is 0. The van der Waals surface area contributed by atoms with Crippen LogP contribution in [-0.2, 0) is 0 Å². The van der Waals surface area contributed by atoms with Gasteiger partial charge in [0.05, 0.1) is 0 Å². The second-order valence-corrected chi connectivity index (χ2v) is 4.26. The van der Waals surface area contributed by atoms with E-state index in [0.717, 1.165) is 9.52 Å². The molecule has 2 aromatic rings. The molecular formula is C12H10Si-. The normalized spacial score (nSPS) is 9.54. The minimum atomic E-state index is 0.777. The molecule has 0 heterocycles. The molecule has 0 aromatic heterocycles. The van der Waals surface area contributed by atoms with E-state index in [9.17, 15) is 0 Å². The van der Waals surface area contributed by atoms with E-state index in [-0.39, 0.29) is 0 Å². The fourth-order valence-corrected chi connectivity index (χ4v) is 2.26. The van der Waals surface area contributed by atoms with Crippen molar-refractivity contribution in [2.75, 3.05) is 0 Å². The van der Waals surface area contributed by atoms with Gasteiger partial charge in [-0.25, -0.2) is 10.4 Å². The van der Waals surface area contributed by atoms with Crippen molar-refractivity contribution >= 4 is 19.9 Å². The van der Waals surface area contributed by atoms with Crippen molar-refractivity contribution in [1.82, 2.24) is 0 Å². The van der Waals surface area contributed by atoms with Crippen LogP contribution in [-0.4, -0.2) is 9.52 Å². The van der Waals surface area contributed by atoms with Crippen molar-refractivity contribution < 1.29 is 0 Å². The Morgan fingerprint density at radius 2 is 0.923 bits per heavy atom. The van der Waals surface area contributed by atoms with Crippen molar-refractivity contribution in [2.24, 2.45) is 0 Å². The van der Waals surface area contributed by atoms with Crippen LogP contribution in [0.25, 0.3) is 0 Å². The summed E-state index contributed by atoms with van der Waals surface area (Å²) in [6.07, 6.45) is 0. The SMILES string of the molecule is c1ccc([Si-]c2ccccc2)cc1. The number of hydrogen-bond acceptors (Lipinski definition) is 0. The Bertz CT molecular complexity index is 316. The molecule has 1 radical (unpaired) electrons. The maximum atomic E-state index is 2.17. The van der Waals surface area contributed by atoms with Crippen molar-refractivity contribution in [3.63, 3.8) is 0 Å². The van der Waals surface area contributed by atoms with Gasteiger partial charge in [0.15, 0.2) is 0 Å². The van der Waals surface area contributed by atoms with Gasteiger partial charge in [0.25, 0.3) is 0 Å². The zero-order valence-electron chi connectivity index (χ0n) is 7.27. The van der Waals surface area contributed by atoms with Gasteiger partial charge in [0.2, 0.25) is 0 Å². The zero-order chi connectivity index (χ0) is 8.93. The lowest BCUT2D eigenvalue weighted by Gasteiger charge is -2.17. The fourth-order valence-electron chi connectivity index (χ4n) is 1.21. The highest BCUT2D eigenvalue weighted by atomic mass is 28.2.